The molecule has 28 heavy (non-hydrogen) atoms. The van der Waals surface area contributed by atoms with E-state index in [2.05, 4.69) is 39.4 Å². The molecular formula is C20H22N6O2. The van der Waals surface area contributed by atoms with Gasteiger partial charge < -0.3 is 10.6 Å². The highest BCUT2D eigenvalue weighted by Gasteiger charge is 2.13. The number of benzene rings is 1. The average molecular weight is 378 g/mol. The van der Waals surface area contributed by atoms with Crippen LogP contribution in [0, 0.1) is 10.1 Å². The predicted octanol–water partition coefficient (Wildman–Crippen LogP) is 4.27. The summed E-state index contributed by atoms with van der Waals surface area (Å²) in [5.74, 6) is 1.08. The Morgan fingerprint density at radius 2 is 2.00 bits per heavy atom. The molecule has 0 spiro atoms. The van der Waals surface area contributed by atoms with Gasteiger partial charge in [-0.05, 0) is 25.5 Å². The Morgan fingerprint density at radius 3 is 2.71 bits per heavy atom. The summed E-state index contributed by atoms with van der Waals surface area (Å²) in [6.45, 7) is 4.42. The number of hydrogen-bond acceptors (Lipinski definition) is 7. The number of hydrogen-bond donors (Lipinski definition) is 2. The first kappa shape index (κ1) is 19.2. The highest BCUT2D eigenvalue weighted by atomic mass is 16.6. The molecule has 0 bridgehead atoms. The summed E-state index contributed by atoms with van der Waals surface area (Å²) in [5.41, 5.74) is 2.25. The predicted molar refractivity (Wildman–Crippen MR) is 109 cm³/mol. The maximum Gasteiger partial charge on any atom is 0.274 e. The average Bonchev–Trinajstić information content (AvgIpc) is 2.72. The SMILES string of the molecule is CC[C@H](C)Nc1nc(NCc2ccccc2[N+](=O)[O-])cc(-c2cccnc2)n1. The third kappa shape index (κ3) is 4.79. The molecule has 0 saturated heterocycles. The molecule has 0 aliphatic heterocycles. The maximum atomic E-state index is 11.2. The van der Waals surface area contributed by atoms with E-state index in [0.29, 0.717) is 17.3 Å². The smallest absolute Gasteiger partial charge is 0.274 e. The molecule has 1 aromatic carbocycles. The number of para-hydroxylation sites is 1. The summed E-state index contributed by atoms with van der Waals surface area (Å²) >= 11 is 0. The highest BCUT2D eigenvalue weighted by Crippen LogP contribution is 2.23. The Kier molecular flexibility index (Phi) is 6.11. The van der Waals surface area contributed by atoms with Gasteiger partial charge in [0.05, 0.1) is 10.6 Å². The van der Waals surface area contributed by atoms with E-state index < -0.39 is 0 Å². The van der Waals surface area contributed by atoms with E-state index in [0.717, 1.165) is 17.7 Å². The molecule has 0 aliphatic carbocycles. The number of rotatable bonds is 8. The Hall–Kier alpha value is -3.55. The molecule has 2 aromatic heterocycles. The third-order valence-corrected chi connectivity index (χ3v) is 4.32. The molecule has 0 unspecified atom stereocenters. The second-order valence-corrected chi connectivity index (χ2v) is 6.40. The molecule has 3 aromatic rings. The zero-order chi connectivity index (χ0) is 19.9. The largest absolute Gasteiger partial charge is 0.366 e. The lowest BCUT2D eigenvalue weighted by Crippen LogP contribution is -2.16. The van der Waals surface area contributed by atoms with Crippen LogP contribution in [-0.2, 0) is 6.54 Å². The lowest BCUT2D eigenvalue weighted by molar-refractivity contribution is -0.385. The van der Waals surface area contributed by atoms with Crippen LogP contribution >= 0.6 is 0 Å². The molecule has 0 saturated carbocycles. The van der Waals surface area contributed by atoms with Crippen LogP contribution in [0.25, 0.3) is 11.3 Å². The number of nitro groups is 1. The van der Waals surface area contributed by atoms with Crippen LogP contribution in [0.5, 0.6) is 0 Å². The quantitative estimate of drug-likeness (QED) is 0.445. The standard InChI is InChI=1S/C20H22N6O2/c1-3-14(2)23-20-24-17(15-8-6-10-21-12-15)11-19(25-20)22-13-16-7-4-5-9-18(16)26(27)28/h4-12,14H,3,13H2,1-2H3,(H2,22,23,24,25)/t14-/m0/s1. The third-order valence-electron chi connectivity index (χ3n) is 4.32. The molecule has 1 atom stereocenters. The van der Waals surface area contributed by atoms with Crippen molar-refractivity contribution in [2.45, 2.75) is 32.9 Å². The van der Waals surface area contributed by atoms with E-state index in [1.54, 1.807) is 30.6 Å². The normalized spacial score (nSPS) is 11.6. The van der Waals surface area contributed by atoms with Crippen LogP contribution in [0.15, 0.2) is 54.9 Å². The van der Waals surface area contributed by atoms with E-state index in [1.807, 2.05) is 18.2 Å². The number of nitrogens with one attached hydrogen (secondary N) is 2. The molecule has 2 N–H and O–H groups in total. The van der Waals surface area contributed by atoms with Crippen molar-refractivity contribution >= 4 is 17.5 Å². The molecular weight excluding hydrogens is 356 g/mol. The van der Waals surface area contributed by atoms with Crippen LogP contribution in [0.3, 0.4) is 0 Å². The van der Waals surface area contributed by atoms with Crippen LogP contribution in [0.2, 0.25) is 0 Å². The molecule has 144 valence electrons. The fourth-order valence-electron chi connectivity index (χ4n) is 2.61. The molecule has 8 heteroatoms. The second kappa shape index (κ2) is 8.90. The zero-order valence-corrected chi connectivity index (χ0v) is 15.8. The topological polar surface area (TPSA) is 106 Å². The minimum Gasteiger partial charge on any atom is -0.366 e. The molecule has 0 amide bonds. The summed E-state index contributed by atoms with van der Waals surface area (Å²) in [5, 5.41) is 17.7. The lowest BCUT2D eigenvalue weighted by atomic mass is 10.1. The number of pyridine rings is 1. The number of aromatic nitrogens is 3. The van der Waals surface area contributed by atoms with Gasteiger partial charge in [0, 0.05) is 48.2 Å². The van der Waals surface area contributed by atoms with Crippen molar-refractivity contribution in [1.82, 2.24) is 15.0 Å². The summed E-state index contributed by atoms with van der Waals surface area (Å²) in [6, 6.07) is 12.5. The van der Waals surface area contributed by atoms with E-state index in [4.69, 9.17) is 0 Å². The fourth-order valence-corrected chi connectivity index (χ4v) is 2.61. The van der Waals surface area contributed by atoms with Crippen molar-refractivity contribution in [1.29, 1.82) is 0 Å². The van der Waals surface area contributed by atoms with Gasteiger partial charge >= 0.3 is 0 Å². The van der Waals surface area contributed by atoms with Gasteiger partial charge in [0.1, 0.15) is 5.82 Å². The van der Waals surface area contributed by atoms with Crippen LogP contribution in [-0.4, -0.2) is 25.9 Å². The zero-order valence-electron chi connectivity index (χ0n) is 15.8. The number of anilines is 2. The van der Waals surface area contributed by atoms with Crippen LogP contribution in [0.1, 0.15) is 25.8 Å². The maximum absolute atomic E-state index is 11.2. The number of nitro benzene ring substituents is 1. The Morgan fingerprint density at radius 1 is 1.18 bits per heavy atom. The van der Waals surface area contributed by atoms with Gasteiger partial charge in [-0.25, -0.2) is 4.98 Å². The first-order chi connectivity index (χ1) is 13.6. The molecule has 8 nitrogen and oxygen atoms in total. The summed E-state index contributed by atoms with van der Waals surface area (Å²) in [7, 11) is 0. The van der Waals surface area contributed by atoms with Gasteiger partial charge in [0.2, 0.25) is 5.95 Å². The van der Waals surface area contributed by atoms with E-state index >= 15 is 0 Å². The van der Waals surface area contributed by atoms with Crippen molar-refractivity contribution in [2.75, 3.05) is 10.6 Å². The van der Waals surface area contributed by atoms with Crippen molar-refractivity contribution < 1.29 is 4.92 Å². The molecule has 0 fully saturated rings. The highest BCUT2D eigenvalue weighted by molar-refractivity contribution is 5.63. The Bertz CT molecular complexity index is 948. The van der Waals surface area contributed by atoms with E-state index in [9.17, 15) is 10.1 Å². The van der Waals surface area contributed by atoms with Gasteiger partial charge in [-0.3, -0.25) is 15.1 Å². The van der Waals surface area contributed by atoms with E-state index in [1.165, 1.54) is 6.07 Å². The first-order valence-electron chi connectivity index (χ1n) is 9.09. The summed E-state index contributed by atoms with van der Waals surface area (Å²) in [4.78, 5) is 24.1. The minimum absolute atomic E-state index is 0.0782. The van der Waals surface area contributed by atoms with Gasteiger partial charge in [0.15, 0.2) is 0 Å². The van der Waals surface area contributed by atoms with Crippen molar-refractivity contribution in [3.63, 3.8) is 0 Å². The Labute approximate surface area is 163 Å². The Balaban J connectivity index is 1.89. The van der Waals surface area contributed by atoms with E-state index in [-0.39, 0.29) is 23.2 Å². The van der Waals surface area contributed by atoms with Crippen LogP contribution < -0.4 is 10.6 Å². The van der Waals surface area contributed by atoms with Gasteiger partial charge in [-0.1, -0.05) is 25.1 Å². The first-order valence-corrected chi connectivity index (χ1v) is 9.09. The lowest BCUT2D eigenvalue weighted by Gasteiger charge is -2.14. The van der Waals surface area contributed by atoms with Crippen molar-refractivity contribution in [2.24, 2.45) is 0 Å². The number of nitrogens with zero attached hydrogens (tertiary/aromatic N) is 4. The molecule has 0 aliphatic rings. The molecule has 2 heterocycles. The van der Waals surface area contributed by atoms with Crippen LogP contribution in [0.4, 0.5) is 17.5 Å². The summed E-state index contributed by atoms with van der Waals surface area (Å²) < 4.78 is 0. The fraction of sp³-hybridized carbons (Fsp3) is 0.250. The van der Waals surface area contributed by atoms with Crippen molar-refractivity contribution in [3.8, 4) is 11.3 Å². The van der Waals surface area contributed by atoms with Gasteiger partial charge in [0.25, 0.3) is 5.69 Å². The monoisotopic (exact) mass is 378 g/mol. The summed E-state index contributed by atoms with van der Waals surface area (Å²) in [6.07, 6.45) is 4.37. The molecule has 0 radical (unpaired) electrons. The van der Waals surface area contributed by atoms with Crippen molar-refractivity contribution in [3.05, 3.63) is 70.5 Å². The molecule has 3 rings (SSSR count). The van der Waals surface area contributed by atoms with Gasteiger partial charge in [-0.15, -0.1) is 0 Å². The van der Waals surface area contributed by atoms with Gasteiger partial charge in [-0.2, -0.15) is 4.98 Å². The minimum atomic E-state index is -0.381. The second-order valence-electron chi connectivity index (χ2n) is 6.40.